The molecule has 1 atom stereocenters. The Labute approximate surface area is 102 Å². The molecule has 2 rings (SSSR count). The maximum atomic E-state index is 10.1. The van der Waals surface area contributed by atoms with Crippen molar-refractivity contribution in [3.05, 3.63) is 48.0 Å². The minimum absolute atomic E-state index is 0.394. The summed E-state index contributed by atoms with van der Waals surface area (Å²) in [7, 11) is 1.68. The minimum atomic E-state index is -0.394. The van der Waals surface area contributed by atoms with Crippen molar-refractivity contribution in [3.63, 3.8) is 0 Å². The van der Waals surface area contributed by atoms with Gasteiger partial charge in [-0.2, -0.15) is 0 Å². The molecule has 0 heterocycles. The molecule has 0 amide bonds. The van der Waals surface area contributed by atoms with E-state index >= 15 is 0 Å². The van der Waals surface area contributed by atoms with Gasteiger partial charge in [-0.3, -0.25) is 0 Å². The van der Waals surface area contributed by atoms with E-state index in [-0.39, 0.29) is 0 Å². The lowest BCUT2D eigenvalue weighted by Crippen LogP contribution is -1.99. The second-order valence-corrected chi connectivity index (χ2v) is 4.26. The first-order valence-electron chi connectivity index (χ1n) is 5.97. The number of hydrogen-bond donors (Lipinski definition) is 1. The molecule has 17 heavy (non-hydrogen) atoms. The van der Waals surface area contributed by atoms with Crippen molar-refractivity contribution in [1.29, 1.82) is 0 Å². The van der Waals surface area contributed by atoms with Crippen LogP contribution in [-0.2, 0) is 4.74 Å². The summed E-state index contributed by atoms with van der Waals surface area (Å²) in [4.78, 5) is 0. The second kappa shape index (κ2) is 5.80. The van der Waals surface area contributed by atoms with Gasteiger partial charge in [0, 0.05) is 13.7 Å². The third kappa shape index (κ3) is 3.05. The number of fused-ring (bicyclic) bond motifs is 1. The van der Waals surface area contributed by atoms with Gasteiger partial charge in [-0.25, -0.2) is 0 Å². The van der Waals surface area contributed by atoms with E-state index in [1.54, 1.807) is 7.11 Å². The molecule has 2 aromatic rings. The molecule has 0 aliphatic rings. The Morgan fingerprint density at radius 1 is 1.12 bits per heavy atom. The number of aliphatic hydroxyl groups excluding tert-OH is 1. The molecule has 0 bridgehead atoms. The summed E-state index contributed by atoms with van der Waals surface area (Å²) in [6.45, 7) is 0.699. The van der Waals surface area contributed by atoms with E-state index in [2.05, 4.69) is 24.3 Å². The maximum Gasteiger partial charge on any atom is 0.0791 e. The maximum absolute atomic E-state index is 10.1. The number of benzene rings is 2. The molecule has 0 spiro atoms. The van der Waals surface area contributed by atoms with Crippen molar-refractivity contribution >= 4 is 10.8 Å². The number of methoxy groups -OCH3 is 1. The van der Waals surface area contributed by atoms with E-state index in [1.165, 1.54) is 10.8 Å². The van der Waals surface area contributed by atoms with Gasteiger partial charge in [0.2, 0.25) is 0 Å². The first kappa shape index (κ1) is 12.1. The molecule has 2 aromatic carbocycles. The summed E-state index contributed by atoms with van der Waals surface area (Å²) in [5.74, 6) is 0. The van der Waals surface area contributed by atoms with Crippen LogP contribution < -0.4 is 0 Å². The molecule has 0 aliphatic heterocycles. The summed E-state index contributed by atoms with van der Waals surface area (Å²) < 4.78 is 4.99. The summed E-state index contributed by atoms with van der Waals surface area (Å²) in [5.41, 5.74) is 0.986. The van der Waals surface area contributed by atoms with Gasteiger partial charge in [-0.15, -0.1) is 0 Å². The van der Waals surface area contributed by atoms with Crippen LogP contribution in [-0.4, -0.2) is 18.8 Å². The van der Waals surface area contributed by atoms with Crippen molar-refractivity contribution < 1.29 is 9.84 Å². The summed E-state index contributed by atoms with van der Waals surface area (Å²) in [6.07, 6.45) is 1.23. The zero-order chi connectivity index (χ0) is 12.1. The van der Waals surface area contributed by atoms with Gasteiger partial charge in [-0.1, -0.05) is 36.4 Å². The van der Waals surface area contributed by atoms with E-state index in [9.17, 15) is 5.11 Å². The Morgan fingerprint density at radius 3 is 2.65 bits per heavy atom. The molecule has 0 aliphatic carbocycles. The zero-order valence-electron chi connectivity index (χ0n) is 10.1. The van der Waals surface area contributed by atoms with Crippen LogP contribution in [0.3, 0.4) is 0 Å². The highest BCUT2D eigenvalue weighted by Crippen LogP contribution is 2.23. The van der Waals surface area contributed by atoms with Gasteiger partial charge >= 0.3 is 0 Å². The molecule has 0 saturated heterocycles. The number of ether oxygens (including phenoxy) is 1. The van der Waals surface area contributed by atoms with E-state index < -0.39 is 6.10 Å². The molecular weight excluding hydrogens is 212 g/mol. The predicted octanol–water partition coefficient (Wildman–Crippen LogP) is 3.30. The van der Waals surface area contributed by atoms with Gasteiger partial charge in [-0.05, 0) is 35.2 Å². The molecule has 0 fully saturated rings. The molecule has 0 aromatic heterocycles. The van der Waals surface area contributed by atoms with Gasteiger partial charge in [0.05, 0.1) is 6.10 Å². The van der Waals surface area contributed by atoms with Gasteiger partial charge in [0.25, 0.3) is 0 Å². The average molecular weight is 230 g/mol. The van der Waals surface area contributed by atoms with E-state index in [0.717, 1.165) is 18.4 Å². The van der Waals surface area contributed by atoms with Crippen LogP contribution >= 0.6 is 0 Å². The summed E-state index contributed by atoms with van der Waals surface area (Å²) >= 11 is 0. The number of hydrogen-bond acceptors (Lipinski definition) is 2. The van der Waals surface area contributed by atoms with Crippen molar-refractivity contribution in [1.82, 2.24) is 0 Å². The van der Waals surface area contributed by atoms with Crippen LogP contribution in [0, 0.1) is 0 Å². The van der Waals surface area contributed by atoms with Crippen molar-refractivity contribution in [3.8, 4) is 0 Å². The predicted molar refractivity (Wildman–Crippen MR) is 70.0 cm³/mol. The van der Waals surface area contributed by atoms with Crippen molar-refractivity contribution in [2.75, 3.05) is 13.7 Å². The van der Waals surface area contributed by atoms with Crippen LogP contribution in [0.5, 0.6) is 0 Å². The Hall–Kier alpha value is -1.38. The van der Waals surface area contributed by atoms with Crippen LogP contribution in [0.1, 0.15) is 24.5 Å². The third-order valence-corrected chi connectivity index (χ3v) is 2.98. The molecule has 1 N–H and O–H groups in total. The SMILES string of the molecule is COCCCC(O)c1ccc2ccccc2c1. The Balaban J connectivity index is 2.12. The van der Waals surface area contributed by atoms with Gasteiger partial charge in [0.15, 0.2) is 0 Å². The highest BCUT2D eigenvalue weighted by molar-refractivity contribution is 5.83. The smallest absolute Gasteiger partial charge is 0.0791 e. The zero-order valence-corrected chi connectivity index (χ0v) is 10.1. The second-order valence-electron chi connectivity index (χ2n) is 4.26. The Kier molecular flexibility index (Phi) is 4.13. The first-order valence-corrected chi connectivity index (χ1v) is 5.97. The fraction of sp³-hybridized carbons (Fsp3) is 0.333. The van der Waals surface area contributed by atoms with Crippen molar-refractivity contribution in [2.45, 2.75) is 18.9 Å². The molecule has 90 valence electrons. The number of aliphatic hydroxyl groups is 1. The normalized spacial score (nSPS) is 12.8. The van der Waals surface area contributed by atoms with Crippen LogP contribution in [0.4, 0.5) is 0 Å². The lowest BCUT2D eigenvalue weighted by molar-refractivity contribution is 0.136. The molecule has 1 unspecified atom stereocenters. The van der Waals surface area contributed by atoms with Crippen LogP contribution in [0.25, 0.3) is 10.8 Å². The first-order chi connectivity index (χ1) is 8.31. The lowest BCUT2D eigenvalue weighted by atomic mass is 10.0. The van der Waals surface area contributed by atoms with Crippen molar-refractivity contribution in [2.24, 2.45) is 0 Å². The number of rotatable bonds is 5. The third-order valence-electron chi connectivity index (χ3n) is 2.98. The standard InChI is InChI=1S/C15H18O2/c1-17-10-4-7-15(16)14-9-8-12-5-2-3-6-13(12)11-14/h2-3,5-6,8-9,11,15-16H,4,7,10H2,1H3. The fourth-order valence-corrected chi connectivity index (χ4v) is 2.00. The summed E-state index contributed by atoms with van der Waals surface area (Å²) in [6, 6.07) is 14.3. The van der Waals surface area contributed by atoms with Crippen LogP contribution in [0.15, 0.2) is 42.5 Å². The largest absolute Gasteiger partial charge is 0.388 e. The quantitative estimate of drug-likeness (QED) is 0.799. The monoisotopic (exact) mass is 230 g/mol. The van der Waals surface area contributed by atoms with E-state index in [4.69, 9.17) is 4.74 Å². The highest BCUT2D eigenvalue weighted by Gasteiger charge is 2.07. The van der Waals surface area contributed by atoms with E-state index in [0.29, 0.717) is 6.61 Å². The Morgan fingerprint density at radius 2 is 1.88 bits per heavy atom. The average Bonchev–Trinajstić information content (AvgIpc) is 2.38. The topological polar surface area (TPSA) is 29.5 Å². The molecular formula is C15H18O2. The highest BCUT2D eigenvalue weighted by atomic mass is 16.5. The van der Waals surface area contributed by atoms with E-state index in [1.807, 2.05) is 18.2 Å². The van der Waals surface area contributed by atoms with Gasteiger partial charge in [0.1, 0.15) is 0 Å². The summed E-state index contributed by atoms with van der Waals surface area (Å²) in [5, 5.41) is 12.4. The molecule has 2 heteroatoms. The fourth-order valence-electron chi connectivity index (χ4n) is 2.00. The van der Waals surface area contributed by atoms with Gasteiger partial charge < -0.3 is 9.84 Å². The Bertz CT molecular complexity index is 479. The minimum Gasteiger partial charge on any atom is -0.388 e. The van der Waals surface area contributed by atoms with Crippen LogP contribution in [0.2, 0.25) is 0 Å². The molecule has 0 saturated carbocycles. The molecule has 2 nitrogen and oxygen atoms in total. The molecule has 0 radical (unpaired) electrons. The lowest BCUT2D eigenvalue weighted by Gasteiger charge is -2.11.